The van der Waals surface area contributed by atoms with Crippen molar-refractivity contribution < 1.29 is 14.3 Å². The van der Waals surface area contributed by atoms with Gasteiger partial charge in [-0.3, -0.25) is 0 Å². The molecule has 0 radical (unpaired) electrons. The molecule has 1 aromatic carbocycles. The molecular weight excluding hydrogens is 304 g/mol. The number of amides is 2. The number of nitrogens with one attached hydrogen (secondary N) is 2. The summed E-state index contributed by atoms with van der Waals surface area (Å²) in [6.45, 7) is 6.87. The Hall–Kier alpha value is -1.59. The van der Waals surface area contributed by atoms with Crippen molar-refractivity contribution >= 4 is 6.03 Å². The molecule has 1 heterocycles. The summed E-state index contributed by atoms with van der Waals surface area (Å²) >= 11 is 0. The highest BCUT2D eigenvalue weighted by molar-refractivity contribution is 5.74. The van der Waals surface area contributed by atoms with Crippen LogP contribution in [0.15, 0.2) is 30.3 Å². The van der Waals surface area contributed by atoms with Crippen LogP contribution in [0.1, 0.15) is 25.8 Å². The predicted molar refractivity (Wildman–Crippen MR) is 92.9 cm³/mol. The third kappa shape index (κ3) is 3.73. The van der Waals surface area contributed by atoms with Gasteiger partial charge in [-0.2, -0.15) is 0 Å². The number of rotatable bonds is 7. The van der Waals surface area contributed by atoms with Crippen LogP contribution in [0, 0.1) is 11.3 Å². The minimum absolute atomic E-state index is 0.0185. The molecule has 5 nitrogen and oxygen atoms in total. The molecule has 2 N–H and O–H groups in total. The highest BCUT2D eigenvalue weighted by Crippen LogP contribution is 2.51. The average molecular weight is 332 g/mol. The number of benzene rings is 1. The molecule has 2 aliphatic rings. The van der Waals surface area contributed by atoms with Gasteiger partial charge in [-0.25, -0.2) is 4.79 Å². The highest BCUT2D eigenvalue weighted by Gasteiger charge is 2.59. The molecule has 0 unspecified atom stereocenters. The third-order valence-corrected chi connectivity index (χ3v) is 5.30. The first-order valence-electron chi connectivity index (χ1n) is 8.86. The Bertz CT molecular complexity index is 547. The summed E-state index contributed by atoms with van der Waals surface area (Å²) in [6, 6.07) is 10.3. The Balaban J connectivity index is 1.28. The second kappa shape index (κ2) is 7.53. The van der Waals surface area contributed by atoms with Gasteiger partial charge in [0.1, 0.15) is 0 Å². The van der Waals surface area contributed by atoms with Crippen molar-refractivity contribution in [2.45, 2.75) is 38.8 Å². The third-order valence-electron chi connectivity index (χ3n) is 5.30. The molecular formula is C19H28N2O3. The van der Waals surface area contributed by atoms with Gasteiger partial charge in [0.25, 0.3) is 0 Å². The lowest BCUT2D eigenvalue weighted by Crippen LogP contribution is -2.67. The highest BCUT2D eigenvalue weighted by atomic mass is 16.5. The summed E-state index contributed by atoms with van der Waals surface area (Å²) in [7, 11) is 0. The summed E-state index contributed by atoms with van der Waals surface area (Å²) in [5.74, 6) is 0.466. The van der Waals surface area contributed by atoms with Crippen molar-refractivity contribution in [3.05, 3.63) is 35.9 Å². The molecule has 3 rings (SSSR count). The summed E-state index contributed by atoms with van der Waals surface area (Å²) in [4.78, 5) is 12.1. The van der Waals surface area contributed by atoms with Crippen molar-refractivity contribution in [2.24, 2.45) is 11.3 Å². The number of hydrogen-bond donors (Lipinski definition) is 2. The van der Waals surface area contributed by atoms with Gasteiger partial charge in [-0.1, -0.05) is 44.2 Å². The van der Waals surface area contributed by atoms with Gasteiger partial charge in [0, 0.05) is 30.5 Å². The molecule has 0 spiro atoms. The number of hydrogen-bond acceptors (Lipinski definition) is 3. The summed E-state index contributed by atoms with van der Waals surface area (Å²) in [5, 5.41) is 5.99. The van der Waals surface area contributed by atoms with Crippen LogP contribution >= 0.6 is 0 Å². The second-order valence-corrected chi connectivity index (χ2v) is 7.29. The maximum absolute atomic E-state index is 12.1. The molecule has 24 heavy (non-hydrogen) atoms. The van der Waals surface area contributed by atoms with Gasteiger partial charge in [0.15, 0.2) is 0 Å². The normalized spacial score (nSPS) is 27.2. The lowest BCUT2D eigenvalue weighted by atomic mass is 9.57. The van der Waals surface area contributed by atoms with E-state index < -0.39 is 0 Å². The summed E-state index contributed by atoms with van der Waals surface area (Å²) in [5.41, 5.74) is 1.29. The van der Waals surface area contributed by atoms with Crippen molar-refractivity contribution in [3.8, 4) is 0 Å². The molecule has 0 aromatic heterocycles. The molecule has 0 bridgehead atoms. The summed E-state index contributed by atoms with van der Waals surface area (Å²) < 4.78 is 11.3. The van der Waals surface area contributed by atoms with Crippen molar-refractivity contribution in [1.29, 1.82) is 0 Å². The minimum Gasteiger partial charge on any atom is -0.379 e. The SMILES string of the molecule is CC1(C)[C@H](NC(=O)NCCOCCc2ccccc2)[C@@H]2CCO[C@H]21. The number of urea groups is 1. The lowest BCUT2D eigenvalue weighted by molar-refractivity contribution is -0.108. The van der Waals surface area contributed by atoms with Crippen molar-refractivity contribution in [3.63, 3.8) is 0 Å². The first-order valence-corrected chi connectivity index (χ1v) is 8.86. The van der Waals surface area contributed by atoms with E-state index in [1.54, 1.807) is 0 Å². The van der Waals surface area contributed by atoms with Gasteiger partial charge in [0.05, 0.1) is 19.3 Å². The van der Waals surface area contributed by atoms with Crippen molar-refractivity contribution in [2.75, 3.05) is 26.4 Å². The van der Waals surface area contributed by atoms with E-state index in [0.29, 0.717) is 31.8 Å². The molecule has 1 aliphatic carbocycles. The van der Waals surface area contributed by atoms with Crippen LogP contribution in [0.5, 0.6) is 0 Å². The van der Waals surface area contributed by atoms with Crippen LogP contribution in [0.3, 0.4) is 0 Å². The number of carbonyl (C=O) groups excluding carboxylic acids is 1. The van der Waals surface area contributed by atoms with Crippen molar-refractivity contribution in [1.82, 2.24) is 10.6 Å². The molecule has 2 fully saturated rings. The molecule has 1 saturated heterocycles. The molecule has 132 valence electrons. The minimum atomic E-state index is -0.106. The molecule has 3 atom stereocenters. The molecule has 1 saturated carbocycles. The van der Waals surface area contributed by atoms with Crippen LogP contribution in [-0.2, 0) is 15.9 Å². The summed E-state index contributed by atoms with van der Waals surface area (Å²) in [6.07, 6.45) is 2.23. The fourth-order valence-electron chi connectivity index (χ4n) is 3.98. The average Bonchev–Trinajstić information content (AvgIpc) is 3.04. The largest absolute Gasteiger partial charge is 0.379 e. The number of ether oxygens (including phenoxy) is 2. The molecule has 2 amide bonds. The van der Waals surface area contributed by atoms with E-state index in [1.807, 2.05) is 18.2 Å². The van der Waals surface area contributed by atoms with Crippen LogP contribution in [-0.4, -0.2) is 44.5 Å². The second-order valence-electron chi connectivity index (χ2n) is 7.29. The Labute approximate surface area is 144 Å². The fraction of sp³-hybridized carbons (Fsp3) is 0.632. The maximum atomic E-state index is 12.1. The van der Waals surface area contributed by atoms with Gasteiger partial charge < -0.3 is 20.1 Å². The van der Waals surface area contributed by atoms with E-state index in [2.05, 4.69) is 36.6 Å². The van der Waals surface area contributed by atoms with Crippen LogP contribution in [0.4, 0.5) is 4.79 Å². The quantitative estimate of drug-likeness (QED) is 0.754. The standard InChI is InChI=1S/C19H28N2O3/c1-19(2)16(15-9-12-24-17(15)19)21-18(22)20-10-13-23-11-8-14-6-4-3-5-7-14/h3-7,15-17H,8-13H2,1-2H3,(H2,20,21,22)/t15-,16+,17+/m0/s1. The van der Waals surface area contributed by atoms with E-state index >= 15 is 0 Å². The zero-order chi connectivity index (χ0) is 17.0. The Morgan fingerprint density at radius 3 is 2.88 bits per heavy atom. The van der Waals surface area contributed by atoms with Gasteiger partial charge in [0.2, 0.25) is 0 Å². The zero-order valence-electron chi connectivity index (χ0n) is 14.6. The monoisotopic (exact) mass is 332 g/mol. The van der Waals surface area contributed by atoms with Crippen LogP contribution < -0.4 is 10.6 Å². The molecule has 5 heteroatoms. The van der Waals surface area contributed by atoms with E-state index in [1.165, 1.54) is 5.56 Å². The smallest absolute Gasteiger partial charge is 0.315 e. The van der Waals surface area contributed by atoms with Gasteiger partial charge in [-0.15, -0.1) is 0 Å². The van der Waals surface area contributed by atoms with E-state index in [9.17, 15) is 4.79 Å². The number of carbonyl (C=O) groups is 1. The topological polar surface area (TPSA) is 59.6 Å². The Morgan fingerprint density at radius 2 is 2.08 bits per heavy atom. The number of fused-ring (bicyclic) bond motifs is 1. The van der Waals surface area contributed by atoms with Gasteiger partial charge in [-0.05, 0) is 18.4 Å². The van der Waals surface area contributed by atoms with Gasteiger partial charge >= 0.3 is 6.03 Å². The van der Waals surface area contributed by atoms with Crippen LogP contribution in [0.2, 0.25) is 0 Å². The molecule has 1 aromatic rings. The Morgan fingerprint density at radius 1 is 1.29 bits per heavy atom. The predicted octanol–water partition coefficient (Wildman–Crippen LogP) is 2.36. The zero-order valence-corrected chi connectivity index (χ0v) is 14.6. The first-order chi connectivity index (χ1) is 11.6. The lowest BCUT2D eigenvalue weighted by Gasteiger charge is -2.54. The fourth-order valence-corrected chi connectivity index (χ4v) is 3.98. The maximum Gasteiger partial charge on any atom is 0.315 e. The van der Waals surface area contributed by atoms with E-state index in [4.69, 9.17) is 9.47 Å². The molecule has 1 aliphatic heterocycles. The first kappa shape index (κ1) is 17.2. The Kier molecular flexibility index (Phi) is 5.41. The van der Waals surface area contributed by atoms with Crippen LogP contribution in [0.25, 0.3) is 0 Å². The van der Waals surface area contributed by atoms with E-state index in [-0.39, 0.29) is 17.5 Å². The van der Waals surface area contributed by atoms with E-state index in [0.717, 1.165) is 19.4 Å².